The number of hydrogen-bond donors (Lipinski definition) is 1. The van der Waals surface area contributed by atoms with E-state index >= 15 is 0 Å². The van der Waals surface area contributed by atoms with Gasteiger partial charge in [-0.3, -0.25) is 4.79 Å². The van der Waals surface area contributed by atoms with Crippen molar-refractivity contribution in [3.8, 4) is 0 Å². The molecule has 98 valence electrons. The summed E-state index contributed by atoms with van der Waals surface area (Å²) >= 11 is 0. The topological polar surface area (TPSA) is 45.2 Å². The van der Waals surface area contributed by atoms with Crippen LogP contribution in [-0.2, 0) is 0 Å². The number of nitrogens with one attached hydrogen (secondary N) is 1. The van der Waals surface area contributed by atoms with Crippen LogP contribution in [0, 0.1) is 0 Å². The van der Waals surface area contributed by atoms with Crippen molar-refractivity contribution in [1.29, 1.82) is 0 Å². The van der Waals surface area contributed by atoms with Crippen molar-refractivity contribution in [2.45, 2.75) is 32.1 Å². The number of anilines is 1. The molecule has 1 saturated heterocycles. The normalized spacial score (nSPS) is 16.8. The predicted octanol–water partition coefficient (Wildman–Crippen LogP) is 2.53. The van der Waals surface area contributed by atoms with E-state index in [-0.39, 0.29) is 5.91 Å². The predicted molar refractivity (Wildman–Crippen MR) is 72.8 cm³/mol. The van der Waals surface area contributed by atoms with Crippen LogP contribution >= 0.6 is 0 Å². The molecule has 0 aliphatic carbocycles. The lowest BCUT2D eigenvalue weighted by atomic mass is 10.1. The number of nitrogens with zero attached hydrogens (tertiary/aromatic N) is 2. The lowest BCUT2D eigenvalue weighted by Crippen LogP contribution is -2.33. The summed E-state index contributed by atoms with van der Waals surface area (Å²) in [5.41, 5.74) is 0.731. The van der Waals surface area contributed by atoms with Crippen molar-refractivity contribution in [3.63, 3.8) is 0 Å². The fourth-order valence-electron chi connectivity index (χ4n) is 2.33. The minimum atomic E-state index is 0.135. The lowest BCUT2D eigenvalue weighted by molar-refractivity contribution is 0.0742. The molecule has 0 saturated carbocycles. The van der Waals surface area contributed by atoms with Crippen molar-refractivity contribution >= 4 is 11.7 Å². The van der Waals surface area contributed by atoms with Gasteiger partial charge >= 0.3 is 0 Å². The third-order valence-corrected chi connectivity index (χ3v) is 3.41. The van der Waals surface area contributed by atoms with Gasteiger partial charge in [0.15, 0.2) is 0 Å². The molecule has 0 spiro atoms. The van der Waals surface area contributed by atoms with Crippen LogP contribution < -0.4 is 5.32 Å². The molecule has 1 N–H and O–H groups in total. The molecule has 0 atom stereocenters. The van der Waals surface area contributed by atoms with E-state index in [1.807, 2.05) is 18.0 Å². The molecule has 1 amide bonds. The van der Waals surface area contributed by atoms with Crippen molar-refractivity contribution < 1.29 is 4.79 Å². The van der Waals surface area contributed by atoms with E-state index < -0.39 is 0 Å². The Balaban J connectivity index is 2.08. The van der Waals surface area contributed by atoms with Crippen LogP contribution in [0.2, 0.25) is 0 Å². The summed E-state index contributed by atoms with van der Waals surface area (Å²) in [7, 11) is 1.81. The maximum Gasteiger partial charge on any atom is 0.254 e. The molecular formula is C14H21N3O. The highest BCUT2D eigenvalue weighted by molar-refractivity contribution is 5.94. The highest BCUT2D eigenvalue weighted by Gasteiger charge is 2.16. The van der Waals surface area contributed by atoms with Gasteiger partial charge in [-0.05, 0) is 25.0 Å². The standard InChI is InChI=1S/C14H21N3O/c1-15-13-11-12(7-8-16-13)14(18)17-9-5-3-2-4-6-10-17/h7-8,11H,2-6,9-10H2,1H3,(H,15,16). The number of hydrogen-bond acceptors (Lipinski definition) is 3. The van der Waals surface area contributed by atoms with Crippen LogP contribution in [0.25, 0.3) is 0 Å². The fourth-order valence-corrected chi connectivity index (χ4v) is 2.33. The zero-order valence-electron chi connectivity index (χ0n) is 11.0. The van der Waals surface area contributed by atoms with Crippen molar-refractivity contribution in [1.82, 2.24) is 9.88 Å². The first-order valence-corrected chi connectivity index (χ1v) is 6.74. The molecular weight excluding hydrogens is 226 g/mol. The van der Waals surface area contributed by atoms with Crippen LogP contribution in [0.3, 0.4) is 0 Å². The van der Waals surface area contributed by atoms with E-state index in [0.29, 0.717) is 0 Å². The van der Waals surface area contributed by atoms with E-state index in [1.165, 1.54) is 19.3 Å². The quantitative estimate of drug-likeness (QED) is 0.873. The minimum Gasteiger partial charge on any atom is -0.373 e. The fraction of sp³-hybridized carbons (Fsp3) is 0.571. The van der Waals surface area contributed by atoms with E-state index in [4.69, 9.17) is 0 Å². The molecule has 2 rings (SSSR count). The largest absolute Gasteiger partial charge is 0.373 e. The van der Waals surface area contributed by atoms with Gasteiger partial charge in [-0.1, -0.05) is 19.3 Å². The second-order valence-corrected chi connectivity index (χ2v) is 4.74. The van der Waals surface area contributed by atoms with Gasteiger partial charge in [0.25, 0.3) is 5.91 Å². The summed E-state index contributed by atoms with van der Waals surface area (Å²) in [6.45, 7) is 1.77. The van der Waals surface area contributed by atoms with Crippen LogP contribution in [0.4, 0.5) is 5.82 Å². The summed E-state index contributed by atoms with van der Waals surface area (Å²) in [4.78, 5) is 18.5. The van der Waals surface area contributed by atoms with Gasteiger partial charge in [-0.15, -0.1) is 0 Å². The van der Waals surface area contributed by atoms with E-state index in [9.17, 15) is 4.79 Å². The second-order valence-electron chi connectivity index (χ2n) is 4.74. The zero-order chi connectivity index (χ0) is 12.8. The average Bonchev–Trinajstić information content (AvgIpc) is 2.38. The van der Waals surface area contributed by atoms with E-state index in [1.54, 1.807) is 12.3 Å². The number of carbonyl (C=O) groups excluding carboxylic acids is 1. The Morgan fingerprint density at radius 3 is 2.56 bits per heavy atom. The van der Waals surface area contributed by atoms with Gasteiger partial charge in [0.1, 0.15) is 5.82 Å². The molecule has 0 unspecified atom stereocenters. The van der Waals surface area contributed by atoms with E-state index in [2.05, 4.69) is 10.3 Å². The first-order valence-electron chi connectivity index (χ1n) is 6.74. The number of amides is 1. The molecule has 1 fully saturated rings. The van der Waals surface area contributed by atoms with Crippen LogP contribution in [-0.4, -0.2) is 35.9 Å². The highest BCUT2D eigenvalue weighted by atomic mass is 16.2. The van der Waals surface area contributed by atoms with Gasteiger partial charge in [0, 0.05) is 31.9 Å². The molecule has 0 aromatic carbocycles. The van der Waals surface area contributed by atoms with Crippen molar-refractivity contribution in [2.24, 2.45) is 0 Å². The Morgan fingerprint density at radius 2 is 1.89 bits per heavy atom. The molecule has 2 heterocycles. The zero-order valence-corrected chi connectivity index (χ0v) is 11.0. The molecule has 0 bridgehead atoms. The highest BCUT2D eigenvalue weighted by Crippen LogP contribution is 2.14. The van der Waals surface area contributed by atoms with Crippen molar-refractivity contribution in [3.05, 3.63) is 23.9 Å². The molecule has 18 heavy (non-hydrogen) atoms. The first kappa shape index (κ1) is 12.9. The Labute approximate surface area is 108 Å². The number of likely N-dealkylation sites (tertiary alicyclic amines) is 1. The maximum absolute atomic E-state index is 12.4. The Hall–Kier alpha value is -1.58. The monoisotopic (exact) mass is 247 g/mol. The number of carbonyl (C=O) groups is 1. The molecule has 4 heteroatoms. The maximum atomic E-state index is 12.4. The van der Waals surface area contributed by atoms with E-state index in [0.717, 1.165) is 37.3 Å². The van der Waals surface area contributed by atoms with Gasteiger partial charge in [-0.25, -0.2) is 4.98 Å². The molecule has 1 aromatic heterocycles. The van der Waals surface area contributed by atoms with Gasteiger partial charge in [0.05, 0.1) is 0 Å². The number of aromatic nitrogens is 1. The Bertz CT molecular complexity index is 398. The Kier molecular flexibility index (Phi) is 4.56. The average molecular weight is 247 g/mol. The van der Waals surface area contributed by atoms with Crippen molar-refractivity contribution in [2.75, 3.05) is 25.5 Å². The third kappa shape index (κ3) is 3.22. The molecule has 4 nitrogen and oxygen atoms in total. The van der Waals surface area contributed by atoms with Gasteiger partial charge < -0.3 is 10.2 Å². The lowest BCUT2D eigenvalue weighted by Gasteiger charge is -2.24. The SMILES string of the molecule is CNc1cc(C(=O)N2CCCCCCC2)ccn1. The van der Waals surface area contributed by atoms with Crippen LogP contribution in [0.15, 0.2) is 18.3 Å². The molecule has 1 aromatic rings. The van der Waals surface area contributed by atoms with Crippen LogP contribution in [0.5, 0.6) is 0 Å². The molecule has 1 aliphatic heterocycles. The summed E-state index contributed by atoms with van der Waals surface area (Å²) in [6, 6.07) is 3.61. The summed E-state index contributed by atoms with van der Waals surface area (Å²) < 4.78 is 0. The number of rotatable bonds is 2. The smallest absolute Gasteiger partial charge is 0.254 e. The summed E-state index contributed by atoms with van der Waals surface area (Å²) in [6.07, 6.45) is 7.71. The Morgan fingerprint density at radius 1 is 1.22 bits per heavy atom. The third-order valence-electron chi connectivity index (χ3n) is 3.41. The molecule has 0 radical (unpaired) electrons. The van der Waals surface area contributed by atoms with Gasteiger partial charge in [0.2, 0.25) is 0 Å². The van der Waals surface area contributed by atoms with Gasteiger partial charge in [-0.2, -0.15) is 0 Å². The summed E-state index contributed by atoms with van der Waals surface area (Å²) in [5, 5.41) is 2.97. The molecule has 1 aliphatic rings. The number of pyridine rings is 1. The first-order chi connectivity index (χ1) is 8.81. The summed E-state index contributed by atoms with van der Waals surface area (Å²) in [5.74, 6) is 0.878. The van der Waals surface area contributed by atoms with Crippen LogP contribution in [0.1, 0.15) is 42.5 Å². The minimum absolute atomic E-state index is 0.135. The second kappa shape index (κ2) is 6.38.